The molecule has 2 fully saturated rings. The van der Waals surface area contributed by atoms with Crippen LogP contribution in [0.25, 0.3) is 0 Å². The molecule has 2 aliphatic carbocycles. The zero-order valence-corrected chi connectivity index (χ0v) is 17.2. The third-order valence-electron chi connectivity index (χ3n) is 6.24. The average Bonchev–Trinajstić information content (AvgIpc) is 2.67. The van der Waals surface area contributed by atoms with E-state index < -0.39 is 0 Å². The lowest BCUT2D eigenvalue weighted by Gasteiger charge is -2.45. The highest BCUT2D eigenvalue weighted by atomic mass is 35.5. The number of amides is 1. The molecule has 5 heteroatoms. The van der Waals surface area contributed by atoms with Crippen LogP contribution in [-0.4, -0.2) is 32.7 Å². The van der Waals surface area contributed by atoms with Gasteiger partial charge in [-0.1, -0.05) is 43.4 Å². The Morgan fingerprint density at radius 2 is 2.07 bits per heavy atom. The van der Waals surface area contributed by atoms with Gasteiger partial charge in [-0.25, -0.2) is 0 Å². The number of ether oxygens (including phenoxy) is 1. The second kappa shape index (κ2) is 9.90. The van der Waals surface area contributed by atoms with E-state index in [1.165, 1.54) is 44.9 Å². The van der Waals surface area contributed by atoms with Crippen LogP contribution in [0.15, 0.2) is 18.2 Å². The standard InChI is InChI=1S/C22H33ClN2O2/c1-24-11-4-12-27-15-18-7-8-20(23)19(13-18)21(26)25-16-22-9-2-5-17(14-22)6-3-10-22/h7-8,13,17,24H,2-6,9-12,14-16H2,1H3,(H,25,26). The van der Waals surface area contributed by atoms with Crippen molar-refractivity contribution in [2.24, 2.45) is 11.3 Å². The summed E-state index contributed by atoms with van der Waals surface area (Å²) in [6, 6.07) is 5.61. The molecule has 2 aliphatic rings. The number of halogens is 1. The molecule has 0 aromatic heterocycles. The summed E-state index contributed by atoms with van der Waals surface area (Å²) in [4.78, 5) is 12.8. The molecule has 3 rings (SSSR count). The molecule has 1 amide bonds. The summed E-state index contributed by atoms with van der Waals surface area (Å²) in [5.41, 5.74) is 1.87. The van der Waals surface area contributed by atoms with Crippen molar-refractivity contribution < 1.29 is 9.53 Å². The maximum atomic E-state index is 12.8. The number of hydrogen-bond donors (Lipinski definition) is 2. The van der Waals surface area contributed by atoms with Crippen molar-refractivity contribution >= 4 is 17.5 Å². The predicted molar refractivity (Wildman–Crippen MR) is 110 cm³/mol. The Kier molecular flexibility index (Phi) is 7.57. The molecule has 4 nitrogen and oxygen atoms in total. The Morgan fingerprint density at radius 1 is 1.30 bits per heavy atom. The van der Waals surface area contributed by atoms with Crippen LogP contribution < -0.4 is 10.6 Å². The molecule has 0 heterocycles. The molecule has 0 radical (unpaired) electrons. The Morgan fingerprint density at radius 3 is 2.81 bits per heavy atom. The van der Waals surface area contributed by atoms with Crippen molar-refractivity contribution in [2.75, 3.05) is 26.7 Å². The maximum Gasteiger partial charge on any atom is 0.252 e. The Bertz CT molecular complexity index is 625. The van der Waals surface area contributed by atoms with Gasteiger partial charge in [0.2, 0.25) is 0 Å². The summed E-state index contributed by atoms with van der Waals surface area (Å²) in [6.07, 6.45) is 10.1. The van der Waals surface area contributed by atoms with E-state index in [0.717, 1.165) is 31.0 Å². The second-order valence-corrected chi connectivity index (χ2v) is 8.77. The summed E-state index contributed by atoms with van der Waals surface area (Å²) >= 11 is 6.31. The van der Waals surface area contributed by atoms with Gasteiger partial charge in [0.1, 0.15) is 0 Å². The number of rotatable bonds is 9. The van der Waals surface area contributed by atoms with Crippen LogP contribution in [0.4, 0.5) is 0 Å². The monoisotopic (exact) mass is 392 g/mol. The topological polar surface area (TPSA) is 50.4 Å². The van der Waals surface area contributed by atoms with Crippen molar-refractivity contribution in [1.29, 1.82) is 0 Å². The third-order valence-corrected chi connectivity index (χ3v) is 6.57. The zero-order chi connectivity index (χ0) is 19.1. The van der Waals surface area contributed by atoms with Crippen molar-refractivity contribution in [3.8, 4) is 0 Å². The lowest BCUT2D eigenvalue weighted by atomic mass is 9.62. The van der Waals surface area contributed by atoms with Crippen molar-refractivity contribution in [1.82, 2.24) is 10.6 Å². The third kappa shape index (κ3) is 5.69. The molecule has 150 valence electrons. The van der Waals surface area contributed by atoms with Gasteiger partial charge >= 0.3 is 0 Å². The highest BCUT2D eigenvalue weighted by molar-refractivity contribution is 6.33. The average molecular weight is 393 g/mol. The maximum absolute atomic E-state index is 12.8. The van der Waals surface area contributed by atoms with Crippen LogP contribution in [0.5, 0.6) is 0 Å². The van der Waals surface area contributed by atoms with Gasteiger partial charge in [0.15, 0.2) is 0 Å². The SMILES string of the molecule is CNCCCOCc1ccc(Cl)c(C(=O)NCC23CCCC(CCC2)C3)c1. The van der Waals surface area contributed by atoms with E-state index in [2.05, 4.69) is 10.6 Å². The molecule has 0 atom stereocenters. The molecule has 1 aromatic carbocycles. The number of fused-ring (bicyclic) bond motifs is 2. The summed E-state index contributed by atoms with van der Waals surface area (Å²) in [5.74, 6) is 0.815. The summed E-state index contributed by atoms with van der Waals surface area (Å²) in [5, 5.41) is 6.81. The van der Waals surface area contributed by atoms with E-state index in [4.69, 9.17) is 16.3 Å². The smallest absolute Gasteiger partial charge is 0.252 e. The molecule has 0 saturated heterocycles. The molecular formula is C22H33ClN2O2. The minimum atomic E-state index is -0.0564. The number of carbonyl (C=O) groups is 1. The minimum absolute atomic E-state index is 0.0564. The molecule has 2 saturated carbocycles. The van der Waals surface area contributed by atoms with Gasteiger partial charge in [0.25, 0.3) is 5.91 Å². The van der Waals surface area contributed by atoms with Crippen LogP contribution in [-0.2, 0) is 11.3 Å². The lowest BCUT2D eigenvalue weighted by molar-refractivity contribution is 0.0681. The van der Waals surface area contributed by atoms with E-state index in [1.54, 1.807) is 6.07 Å². The predicted octanol–water partition coefficient (Wildman–Crippen LogP) is 4.56. The lowest BCUT2D eigenvalue weighted by Crippen LogP contribution is -2.43. The van der Waals surface area contributed by atoms with E-state index in [0.29, 0.717) is 29.2 Å². The molecule has 0 aliphatic heterocycles. The molecule has 2 bridgehead atoms. The summed E-state index contributed by atoms with van der Waals surface area (Å²) in [7, 11) is 1.93. The first kappa shape index (κ1) is 20.6. The highest BCUT2D eigenvalue weighted by Gasteiger charge is 2.39. The summed E-state index contributed by atoms with van der Waals surface area (Å²) in [6.45, 7) is 2.93. The van der Waals surface area contributed by atoms with Gasteiger partial charge in [0.05, 0.1) is 17.2 Å². The van der Waals surface area contributed by atoms with Gasteiger partial charge < -0.3 is 15.4 Å². The fourth-order valence-electron chi connectivity index (χ4n) is 4.81. The fraction of sp³-hybridized carbons (Fsp3) is 0.682. The molecule has 1 aromatic rings. The van der Waals surface area contributed by atoms with E-state index in [9.17, 15) is 4.79 Å². The zero-order valence-electron chi connectivity index (χ0n) is 16.5. The molecule has 2 N–H and O–H groups in total. The Labute approximate surface area is 168 Å². The fourth-order valence-corrected chi connectivity index (χ4v) is 5.01. The van der Waals surface area contributed by atoms with Crippen LogP contribution in [0, 0.1) is 11.3 Å². The van der Waals surface area contributed by atoms with Crippen LogP contribution >= 0.6 is 11.6 Å². The first-order valence-corrected chi connectivity index (χ1v) is 10.8. The molecule has 0 spiro atoms. The van der Waals surface area contributed by atoms with Crippen molar-refractivity contribution in [3.63, 3.8) is 0 Å². The van der Waals surface area contributed by atoms with Crippen LogP contribution in [0.1, 0.15) is 67.3 Å². The normalized spacial score (nSPS) is 24.6. The number of hydrogen-bond acceptors (Lipinski definition) is 3. The highest BCUT2D eigenvalue weighted by Crippen LogP contribution is 2.48. The molecule has 0 unspecified atom stereocenters. The molecular weight excluding hydrogens is 360 g/mol. The second-order valence-electron chi connectivity index (χ2n) is 8.36. The van der Waals surface area contributed by atoms with Crippen molar-refractivity contribution in [3.05, 3.63) is 34.3 Å². The number of nitrogens with one attached hydrogen (secondary N) is 2. The van der Waals surface area contributed by atoms with Crippen molar-refractivity contribution in [2.45, 2.75) is 58.0 Å². The minimum Gasteiger partial charge on any atom is -0.377 e. The summed E-state index contributed by atoms with van der Waals surface area (Å²) < 4.78 is 5.69. The van der Waals surface area contributed by atoms with Gasteiger partial charge in [-0.2, -0.15) is 0 Å². The van der Waals surface area contributed by atoms with Crippen LogP contribution in [0.3, 0.4) is 0 Å². The number of carbonyl (C=O) groups excluding carboxylic acids is 1. The van der Waals surface area contributed by atoms with E-state index in [1.807, 2.05) is 19.2 Å². The van der Waals surface area contributed by atoms with Gasteiger partial charge in [-0.3, -0.25) is 4.79 Å². The first-order valence-electron chi connectivity index (χ1n) is 10.4. The van der Waals surface area contributed by atoms with E-state index in [-0.39, 0.29) is 5.91 Å². The quantitative estimate of drug-likeness (QED) is 0.606. The van der Waals surface area contributed by atoms with E-state index >= 15 is 0 Å². The van der Waals surface area contributed by atoms with Gasteiger partial charge in [-0.05, 0) is 68.3 Å². The largest absolute Gasteiger partial charge is 0.377 e. The Hall–Kier alpha value is -1.10. The van der Waals surface area contributed by atoms with Gasteiger partial charge in [-0.15, -0.1) is 0 Å². The molecule has 27 heavy (non-hydrogen) atoms. The Balaban J connectivity index is 1.55. The van der Waals surface area contributed by atoms with Crippen LogP contribution in [0.2, 0.25) is 5.02 Å². The number of benzene rings is 1. The van der Waals surface area contributed by atoms with Gasteiger partial charge in [0, 0.05) is 13.2 Å². The first-order chi connectivity index (χ1) is 13.1.